The zero-order chi connectivity index (χ0) is 13.7. The third kappa shape index (κ3) is 4.01. The number of hydrogen-bond acceptors (Lipinski definition) is 3. The van der Waals surface area contributed by atoms with Crippen LogP contribution in [0.2, 0.25) is 0 Å². The van der Waals surface area contributed by atoms with E-state index in [2.05, 4.69) is 33.2 Å². The molecule has 0 atom stereocenters. The molecule has 98 valence electrons. The summed E-state index contributed by atoms with van der Waals surface area (Å²) in [5, 5.41) is 11.6. The molecular formula is C14H13BrN2OS. The van der Waals surface area contributed by atoms with Crippen molar-refractivity contribution >= 4 is 33.5 Å². The number of benzene rings is 2. The molecule has 0 saturated heterocycles. The first kappa shape index (κ1) is 14.0. The van der Waals surface area contributed by atoms with Crippen LogP contribution in [0.4, 0.5) is 0 Å². The lowest BCUT2D eigenvalue weighted by molar-refractivity contribution is 0.318. The van der Waals surface area contributed by atoms with Crippen molar-refractivity contribution in [3.05, 3.63) is 64.1 Å². The summed E-state index contributed by atoms with van der Waals surface area (Å²) in [6.45, 7) is 0. The monoisotopic (exact) mass is 336 g/mol. The molecule has 0 spiro atoms. The first-order chi connectivity index (χ1) is 9.19. The van der Waals surface area contributed by atoms with Gasteiger partial charge < -0.3 is 10.9 Å². The maximum atomic E-state index is 8.59. The van der Waals surface area contributed by atoms with Crippen molar-refractivity contribution in [3.63, 3.8) is 0 Å². The molecule has 2 rings (SSSR count). The Morgan fingerprint density at radius 2 is 1.95 bits per heavy atom. The van der Waals surface area contributed by atoms with E-state index in [9.17, 15) is 0 Å². The predicted octanol–water partition coefficient (Wildman–Crippen LogP) is 3.84. The van der Waals surface area contributed by atoms with Gasteiger partial charge in [-0.25, -0.2) is 0 Å². The Hall–Kier alpha value is -1.46. The van der Waals surface area contributed by atoms with Gasteiger partial charge in [-0.1, -0.05) is 51.4 Å². The molecule has 2 aromatic rings. The number of oxime groups is 1. The molecular weight excluding hydrogens is 324 g/mol. The summed E-state index contributed by atoms with van der Waals surface area (Å²) in [7, 11) is 0. The summed E-state index contributed by atoms with van der Waals surface area (Å²) in [5.74, 6) is 1.01. The van der Waals surface area contributed by atoms with Gasteiger partial charge in [0.2, 0.25) is 0 Å². The number of thioether (sulfide) groups is 1. The van der Waals surface area contributed by atoms with E-state index in [-0.39, 0.29) is 5.84 Å². The minimum atomic E-state index is 0.131. The number of rotatable bonds is 4. The largest absolute Gasteiger partial charge is 0.409 e. The zero-order valence-corrected chi connectivity index (χ0v) is 12.5. The van der Waals surface area contributed by atoms with Gasteiger partial charge in [0.05, 0.1) is 0 Å². The molecule has 3 nitrogen and oxygen atoms in total. The molecule has 0 bridgehead atoms. The normalized spacial score (nSPS) is 11.5. The minimum absolute atomic E-state index is 0.131. The quantitative estimate of drug-likeness (QED) is 0.293. The topological polar surface area (TPSA) is 58.6 Å². The highest BCUT2D eigenvalue weighted by Gasteiger charge is 2.00. The van der Waals surface area contributed by atoms with E-state index >= 15 is 0 Å². The fraction of sp³-hybridized carbons (Fsp3) is 0.0714. The van der Waals surface area contributed by atoms with Crippen LogP contribution in [0.5, 0.6) is 0 Å². The Balaban J connectivity index is 2.00. The van der Waals surface area contributed by atoms with Gasteiger partial charge in [-0.15, -0.1) is 11.8 Å². The Morgan fingerprint density at radius 1 is 1.21 bits per heavy atom. The van der Waals surface area contributed by atoms with Crippen LogP contribution in [0, 0.1) is 0 Å². The Labute approximate surface area is 124 Å². The van der Waals surface area contributed by atoms with Crippen molar-refractivity contribution in [2.24, 2.45) is 10.9 Å². The highest BCUT2D eigenvalue weighted by molar-refractivity contribution is 9.10. The van der Waals surface area contributed by atoms with Gasteiger partial charge in [-0.2, -0.15) is 0 Å². The lowest BCUT2D eigenvalue weighted by Gasteiger charge is -2.04. The molecule has 5 heteroatoms. The molecule has 0 fully saturated rings. The number of amidine groups is 1. The van der Waals surface area contributed by atoms with Gasteiger partial charge in [-0.05, 0) is 23.8 Å². The first-order valence-electron chi connectivity index (χ1n) is 5.64. The number of halogens is 1. The molecule has 0 aromatic heterocycles. The minimum Gasteiger partial charge on any atom is -0.409 e. The van der Waals surface area contributed by atoms with Crippen molar-refractivity contribution in [1.82, 2.24) is 0 Å². The molecule has 0 aliphatic carbocycles. The van der Waals surface area contributed by atoms with E-state index in [1.807, 2.05) is 36.4 Å². The van der Waals surface area contributed by atoms with Crippen LogP contribution in [0.1, 0.15) is 11.1 Å². The highest BCUT2D eigenvalue weighted by Crippen LogP contribution is 2.25. The Bertz CT molecular complexity index is 584. The summed E-state index contributed by atoms with van der Waals surface area (Å²) < 4.78 is 1.08. The number of nitrogens with zero attached hydrogens (tertiary/aromatic N) is 1. The third-order valence-corrected chi connectivity index (χ3v) is 4.12. The second kappa shape index (κ2) is 6.63. The summed E-state index contributed by atoms with van der Waals surface area (Å²) in [4.78, 5) is 1.22. The fourth-order valence-corrected chi connectivity index (χ4v) is 3.01. The molecule has 3 N–H and O–H groups in total. The van der Waals surface area contributed by atoms with Gasteiger partial charge in [0, 0.05) is 20.7 Å². The van der Waals surface area contributed by atoms with Gasteiger partial charge in [0.15, 0.2) is 5.84 Å². The molecule has 0 aliphatic heterocycles. The fourth-order valence-electron chi connectivity index (χ4n) is 1.55. The van der Waals surface area contributed by atoms with Gasteiger partial charge in [-0.3, -0.25) is 0 Å². The molecule has 19 heavy (non-hydrogen) atoms. The summed E-state index contributed by atoms with van der Waals surface area (Å²) >= 11 is 5.22. The Morgan fingerprint density at radius 3 is 2.58 bits per heavy atom. The van der Waals surface area contributed by atoms with Gasteiger partial charge in [0.1, 0.15) is 0 Å². The maximum absolute atomic E-state index is 8.59. The van der Waals surface area contributed by atoms with Crippen LogP contribution >= 0.6 is 27.7 Å². The van der Waals surface area contributed by atoms with E-state index in [0.717, 1.165) is 15.8 Å². The van der Waals surface area contributed by atoms with Crippen molar-refractivity contribution < 1.29 is 5.21 Å². The van der Waals surface area contributed by atoms with Crippen molar-refractivity contribution in [1.29, 1.82) is 0 Å². The lowest BCUT2D eigenvalue weighted by atomic mass is 10.1. The second-order valence-corrected chi connectivity index (χ2v) is 5.89. The lowest BCUT2D eigenvalue weighted by Crippen LogP contribution is -2.12. The van der Waals surface area contributed by atoms with Gasteiger partial charge >= 0.3 is 0 Å². The van der Waals surface area contributed by atoms with Crippen LogP contribution in [-0.4, -0.2) is 11.0 Å². The highest BCUT2D eigenvalue weighted by atomic mass is 79.9. The summed E-state index contributed by atoms with van der Waals surface area (Å²) in [5.41, 5.74) is 7.43. The molecule has 0 radical (unpaired) electrons. The summed E-state index contributed by atoms with van der Waals surface area (Å²) in [6, 6.07) is 15.9. The zero-order valence-electron chi connectivity index (χ0n) is 10.1. The van der Waals surface area contributed by atoms with Crippen LogP contribution < -0.4 is 5.73 Å². The smallest absolute Gasteiger partial charge is 0.170 e. The molecule has 0 unspecified atom stereocenters. The number of nitrogens with two attached hydrogens (primary N) is 1. The maximum Gasteiger partial charge on any atom is 0.170 e. The van der Waals surface area contributed by atoms with E-state index < -0.39 is 0 Å². The van der Waals surface area contributed by atoms with Crippen LogP contribution in [0.15, 0.2) is 63.1 Å². The first-order valence-corrected chi connectivity index (χ1v) is 7.42. The molecule has 0 heterocycles. The van der Waals surface area contributed by atoms with Crippen LogP contribution in [0.3, 0.4) is 0 Å². The second-order valence-electron chi connectivity index (χ2n) is 3.93. The molecule has 0 aliphatic rings. The van der Waals surface area contributed by atoms with E-state index in [1.54, 1.807) is 11.8 Å². The van der Waals surface area contributed by atoms with E-state index in [1.165, 1.54) is 10.5 Å². The SMILES string of the molecule is NC(=NO)c1ccc(CSc2cccc(Br)c2)cc1. The van der Waals surface area contributed by atoms with Crippen molar-refractivity contribution in [2.45, 2.75) is 10.6 Å². The number of hydrogen-bond donors (Lipinski definition) is 2. The average Bonchev–Trinajstić information content (AvgIpc) is 2.45. The van der Waals surface area contributed by atoms with Crippen molar-refractivity contribution in [2.75, 3.05) is 0 Å². The standard InChI is InChI=1S/C14H13BrN2OS/c15-12-2-1-3-13(8-12)19-9-10-4-6-11(7-5-10)14(16)17-18/h1-8,18H,9H2,(H2,16,17). The average molecular weight is 337 g/mol. The van der Waals surface area contributed by atoms with Crippen molar-refractivity contribution in [3.8, 4) is 0 Å². The van der Waals surface area contributed by atoms with Gasteiger partial charge in [0.25, 0.3) is 0 Å². The Kier molecular flexibility index (Phi) is 4.87. The molecule has 0 saturated carbocycles. The third-order valence-electron chi connectivity index (χ3n) is 2.56. The molecule has 2 aromatic carbocycles. The van der Waals surface area contributed by atoms with Crippen LogP contribution in [-0.2, 0) is 5.75 Å². The summed E-state index contributed by atoms with van der Waals surface area (Å²) in [6.07, 6.45) is 0. The van der Waals surface area contributed by atoms with Crippen LogP contribution in [0.25, 0.3) is 0 Å². The predicted molar refractivity (Wildman–Crippen MR) is 82.7 cm³/mol. The van der Waals surface area contributed by atoms with E-state index in [4.69, 9.17) is 10.9 Å². The molecule has 0 amide bonds. The van der Waals surface area contributed by atoms with E-state index in [0.29, 0.717) is 0 Å².